The van der Waals surface area contributed by atoms with Crippen LogP contribution in [0.1, 0.15) is 25.1 Å². The molecule has 0 spiro atoms. The summed E-state index contributed by atoms with van der Waals surface area (Å²) < 4.78 is 0. The second-order valence-corrected chi connectivity index (χ2v) is 6.14. The minimum atomic E-state index is -0.371. The molecule has 0 aliphatic rings. The van der Waals surface area contributed by atoms with Crippen LogP contribution >= 0.6 is 23.1 Å². The summed E-state index contributed by atoms with van der Waals surface area (Å²) in [6.07, 6.45) is 0.227. The van der Waals surface area contributed by atoms with Crippen LogP contribution in [0.3, 0.4) is 0 Å². The van der Waals surface area contributed by atoms with Crippen molar-refractivity contribution in [1.29, 1.82) is 0 Å². The van der Waals surface area contributed by atoms with Crippen molar-refractivity contribution in [2.75, 3.05) is 5.75 Å². The molecule has 0 radical (unpaired) electrons. The molecule has 0 bridgehead atoms. The zero-order chi connectivity index (χ0) is 12.7. The smallest absolute Gasteiger partial charge is 0.230 e. The summed E-state index contributed by atoms with van der Waals surface area (Å²) in [5, 5.41) is 14.1. The summed E-state index contributed by atoms with van der Waals surface area (Å²) in [6.45, 7) is 3.64. The van der Waals surface area contributed by atoms with Gasteiger partial charge in [-0.15, -0.1) is 23.1 Å². The molecule has 1 heterocycles. The number of nitrogens with one attached hydrogen (secondary N) is 1. The van der Waals surface area contributed by atoms with Crippen LogP contribution in [0.5, 0.6) is 0 Å². The third kappa shape index (κ3) is 6.71. The summed E-state index contributed by atoms with van der Waals surface area (Å²) in [7, 11) is 0. The lowest BCUT2D eigenvalue weighted by Gasteiger charge is -2.15. The van der Waals surface area contributed by atoms with E-state index in [1.807, 2.05) is 18.4 Å². The second-order valence-electron chi connectivity index (χ2n) is 4.13. The summed E-state index contributed by atoms with van der Waals surface area (Å²) in [5.74, 6) is 1.40. The van der Waals surface area contributed by atoms with Gasteiger partial charge in [0.15, 0.2) is 0 Å². The third-order valence-electron chi connectivity index (χ3n) is 2.16. The molecule has 17 heavy (non-hydrogen) atoms. The van der Waals surface area contributed by atoms with Gasteiger partial charge in [-0.05, 0) is 31.7 Å². The number of rotatable bonds is 7. The standard InChI is InChI=1S/C12H19NO2S2/c1-9(6-10(2)14)13-12(15)8-16-7-11-4-3-5-17-11/h3-5,9-10,14H,6-8H2,1-2H3,(H,13,15). The number of amides is 1. The molecule has 2 N–H and O–H groups in total. The van der Waals surface area contributed by atoms with Gasteiger partial charge in [0.2, 0.25) is 5.91 Å². The number of carbonyl (C=O) groups excluding carboxylic acids is 1. The zero-order valence-electron chi connectivity index (χ0n) is 10.2. The van der Waals surface area contributed by atoms with Gasteiger partial charge < -0.3 is 10.4 Å². The summed E-state index contributed by atoms with van der Waals surface area (Å²) in [6, 6.07) is 4.13. The highest BCUT2D eigenvalue weighted by Gasteiger charge is 2.09. The van der Waals surface area contributed by atoms with Gasteiger partial charge in [-0.2, -0.15) is 0 Å². The Morgan fingerprint density at radius 1 is 1.59 bits per heavy atom. The Hall–Kier alpha value is -0.520. The number of hydrogen-bond acceptors (Lipinski definition) is 4. The van der Waals surface area contributed by atoms with Crippen molar-refractivity contribution >= 4 is 29.0 Å². The first kappa shape index (κ1) is 14.5. The average molecular weight is 273 g/mol. The van der Waals surface area contributed by atoms with E-state index in [4.69, 9.17) is 0 Å². The molecule has 5 heteroatoms. The van der Waals surface area contributed by atoms with Crippen LogP contribution in [0.15, 0.2) is 17.5 Å². The number of hydrogen-bond donors (Lipinski definition) is 2. The highest BCUT2D eigenvalue weighted by molar-refractivity contribution is 7.99. The molecule has 0 saturated heterocycles. The Morgan fingerprint density at radius 3 is 2.94 bits per heavy atom. The number of thioether (sulfide) groups is 1. The van der Waals surface area contributed by atoms with E-state index in [0.29, 0.717) is 12.2 Å². The number of aliphatic hydroxyl groups is 1. The molecule has 1 rings (SSSR count). The monoisotopic (exact) mass is 273 g/mol. The Labute approximate surface area is 111 Å². The fourth-order valence-corrected chi connectivity index (χ4v) is 3.21. The minimum Gasteiger partial charge on any atom is -0.393 e. The van der Waals surface area contributed by atoms with E-state index in [9.17, 15) is 9.90 Å². The lowest BCUT2D eigenvalue weighted by atomic mass is 10.1. The predicted molar refractivity (Wildman–Crippen MR) is 74.4 cm³/mol. The molecule has 96 valence electrons. The van der Waals surface area contributed by atoms with Gasteiger partial charge in [0.25, 0.3) is 0 Å². The summed E-state index contributed by atoms with van der Waals surface area (Å²) in [5.41, 5.74) is 0. The summed E-state index contributed by atoms with van der Waals surface area (Å²) in [4.78, 5) is 12.8. The van der Waals surface area contributed by atoms with Gasteiger partial charge in [-0.3, -0.25) is 4.79 Å². The molecule has 2 unspecified atom stereocenters. The maximum absolute atomic E-state index is 11.6. The van der Waals surface area contributed by atoms with Gasteiger partial charge in [0.05, 0.1) is 11.9 Å². The number of carbonyl (C=O) groups is 1. The van der Waals surface area contributed by atoms with E-state index in [2.05, 4.69) is 11.4 Å². The fourth-order valence-electron chi connectivity index (χ4n) is 1.53. The maximum atomic E-state index is 11.6. The largest absolute Gasteiger partial charge is 0.393 e. The van der Waals surface area contributed by atoms with E-state index in [1.54, 1.807) is 30.0 Å². The maximum Gasteiger partial charge on any atom is 0.230 e. The Bertz CT molecular complexity index is 325. The van der Waals surface area contributed by atoms with E-state index in [1.165, 1.54) is 4.88 Å². The second kappa shape index (κ2) is 7.74. The van der Waals surface area contributed by atoms with Crippen LogP contribution in [0, 0.1) is 0 Å². The zero-order valence-corrected chi connectivity index (χ0v) is 11.8. The lowest BCUT2D eigenvalue weighted by molar-refractivity contribution is -0.119. The van der Waals surface area contributed by atoms with Crippen molar-refractivity contribution in [2.45, 2.75) is 38.2 Å². The highest BCUT2D eigenvalue weighted by atomic mass is 32.2. The molecule has 3 nitrogen and oxygen atoms in total. The van der Waals surface area contributed by atoms with Crippen molar-refractivity contribution in [3.8, 4) is 0 Å². The first-order chi connectivity index (χ1) is 8.08. The summed E-state index contributed by atoms with van der Waals surface area (Å²) >= 11 is 3.33. The fraction of sp³-hybridized carbons (Fsp3) is 0.583. The van der Waals surface area contributed by atoms with Gasteiger partial charge in [-0.1, -0.05) is 6.07 Å². The first-order valence-corrected chi connectivity index (χ1v) is 7.69. The minimum absolute atomic E-state index is 0.0323. The Kier molecular flexibility index (Phi) is 6.62. The normalized spacial score (nSPS) is 14.3. The van der Waals surface area contributed by atoms with Crippen LogP contribution in [-0.4, -0.2) is 28.9 Å². The molecule has 0 fully saturated rings. The molecule has 1 aromatic rings. The quantitative estimate of drug-likeness (QED) is 0.801. The van der Waals surface area contributed by atoms with E-state index in [0.717, 1.165) is 5.75 Å². The molecule has 0 aliphatic heterocycles. The van der Waals surface area contributed by atoms with E-state index < -0.39 is 0 Å². The van der Waals surface area contributed by atoms with Gasteiger partial charge in [0, 0.05) is 16.7 Å². The van der Waals surface area contributed by atoms with Crippen molar-refractivity contribution in [3.05, 3.63) is 22.4 Å². The molecule has 0 aromatic carbocycles. The van der Waals surface area contributed by atoms with Crippen LogP contribution in [0.4, 0.5) is 0 Å². The Balaban J connectivity index is 2.12. The molecule has 0 aliphatic carbocycles. The van der Waals surface area contributed by atoms with Crippen molar-refractivity contribution in [3.63, 3.8) is 0 Å². The predicted octanol–water partition coefficient (Wildman–Crippen LogP) is 2.26. The Morgan fingerprint density at radius 2 is 2.35 bits per heavy atom. The SMILES string of the molecule is CC(O)CC(C)NC(=O)CSCc1cccs1. The van der Waals surface area contributed by atoms with Crippen LogP contribution in [0.2, 0.25) is 0 Å². The van der Waals surface area contributed by atoms with Crippen LogP contribution in [-0.2, 0) is 10.5 Å². The molecule has 1 aromatic heterocycles. The van der Waals surface area contributed by atoms with Crippen LogP contribution < -0.4 is 5.32 Å². The number of thiophene rings is 1. The van der Waals surface area contributed by atoms with E-state index >= 15 is 0 Å². The highest BCUT2D eigenvalue weighted by Crippen LogP contribution is 2.16. The topological polar surface area (TPSA) is 49.3 Å². The third-order valence-corrected chi connectivity index (χ3v) is 4.20. The van der Waals surface area contributed by atoms with Crippen molar-refractivity contribution in [1.82, 2.24) is 5.32 Å². The average Bonchev–Trinajstić information content (AvgIpc) is 2.68. The lowest BCUT2D eigenvalue weighted by Crippen LogP contribution is -2.35. The van der Waals surface area contributed by atoms with Gasteiger partial charge in [0.1, 0.15) is 0 Å². The van der Waals surface area contributed by atoms with Gasteiger partial charge in [-0.25, -0.2) is 0 Å². The first-order valence-electron chi connectivity index (χ1n) is 5.65. The molecular weight excluding hydrogens is 254 g/mol. The molecular formula is C12H19NO2S2. The van der Waals surface area contributed by atoms with Crippen LogP contribution in [0.25, 0.3) is 0 Å². The molecule has 0 saturated carbocycles. The van der Waals surface area contributed by atoms with E-state index in [-0.39, 0.29) is 18.1 Å². The molecule has 2 atom stereocenters. The van der Waals surface area contributed by atoms with Crippen molar-refractivity contribution in [2.24, 2.45) is 0 Å². The van der Waals surface area contributed by atoms with Crippen molar-refractivity contribution < 1.29 is 9.90 Å². The van der Waals surface area contributed by atoms with Gasteiger partial charge >= 0.3 is 0 Å². The molecule has 1 amide bonds. The number of aliphatic hydroxyl groups excluding tert-OH is 1.